The van der Waals surface area contributed by atoms with E-state index in [0.29, 0.717) is 30.3 Å². The molecule has 2 atom stereocenters. The van der Waals surface area contributed by atoms with Crippen molar-refractivity contribution in [3.63, 3.8) is 0 Å². The van der Waals surface area contributed by atoms with Crippen molar-refractivity contribution in [3.05, 3.63) is 18.2 Å². The van der Waals surface area contributed by atoms with E-state index in [2.05, 4.69) is 0 Å². The van der Waals surface area contributed by atoms with Gasteiger partial charge in [-0.25, -0.2) is 0 Å². The molecule has 9 heteroatoms. The summed E-state index contributed by atoms with van der Waals surface area (Å²) >= 11 is 0. The van der Waals surface area contributed by atoms with Crippen molar-refractivity contribution >= 4 is 23.5 Å². The number of carbonyl (C=O) groups excluding carboxylic acids is 2. The lowest BCUT2D eigenvalue weighted by Gasteiger charge is -2.36. The molecule has 0 aliphatic carbocycles. The molecular weight excluding hydrogens is 368 g/mol. The van der Waals surface area contributed by atoms with E-state index in [9.17, 15) is 14.4 Å². The van der Waals surface area contributed by atoms with Crippen LogP contribution in [-0.2, 0) is 19.1 Å². The van der Waals surface area contributed by atoms with Crippen LogP contribution in [0.15, 0.2) is 18.2 Å². The lowest BCUT2D eigenvalue weighted by Crippen LogP contribution is -2.51. The monoisotopic (exact) mass is 392 g/mol. The van der Waals surface area contributed by atoms with Gasteiger partial charge in [-0.1, -0.05) is 0 Å². The molecule has 0 spiro atoms. The summed E-state index contributed by atoms with van der Waals surface area (Å²) in [5, 5.41) is 9.08. The van der Waals surface area contributed by atoms with Crippen molar-refractivity contribution in [2.24, 2.45) is 5.92 Å². The fourth-order valence-corrected chi connectivity index (χ4v) is 3.66. The van der Waals surface area contributed by atoms with E-state index in [0.717, 1.165) is 0 Å². The molecule has 0 saturated carbocycles. The van der Waals surface area contributed by atoms with Gasteiger partial charge in [0.2, 0.25) is 11.8 Å². The number of morpholine rings is 1. The number of amides is 2. The van der Waals surface area contributed by atoms with E-state index >= 15 is 0 Å². The van der Waals surface area contributed by atoms with Crippen LogP contribution >= 0.6 is 0 Å². The standard InChI is InChI=1S/C19H24N2O7/c1-26-14-3-4-15(16(9-14)27-2)21-10-12(7-17(21)22)19(25)20-5-6-28-11-13(20)8-18(23)24/h3-4,9,12-13H,5-8,10-11H2,1-2H3,(H,23,24). The number of nitrogens with zero attached hydrogens (tertiary/aromatic N) is 2. The Balaban J connectivity index is 1.76. The van der Waals surface area contributed by atoms with Crippen LogP contribution in [0.4, 0.5) is 5.69 Å². The van der Waals surface area contributed by atoms with Gasteiger partial charge in [0, 0.05) is 25.6 Å². The minimum absolute atomic E-state index is 0.0746. The second kappa shape index (κ2) is 8.47. The molecule has 2 aliphatic heterocycles. The maximum atomic E-state index is 13.0. The zero-order valence-electron chi connectivity index (χ0n) is 15.9. The van der Waals surface area contributed by atoms with Crippen LogP contribution in [0.3, 0.4) is 0 Å². The van der Waals surface area contributed by atoms with Gasteiger partial charge in [0.1, 0.15) is 11.5 Å². The number of carbonyl (C=O) groups is 3. The van der Waals surface area contributed by atoms with Crippen LogP contribution in [0, 0.1) is 5.92 Å². The van der Waals surface area contributed by atoms with Gasteiger partial charge in [-0.2, -0.15) is 0 Å². The number of methoxy groups -OCH3 is 2. The van der Waals surface area contributed by atoms with E-state index in [1.807, 2.05) is 0 Å². The van der Waals surface area contributed by atoms with Gasteiger partial charge in [0.05, 0.1) is 51.5 Å². The first kappa shape index (κ1) is 19.9. The maximum Gasteiger partial charge on any atom is 0.305 e. The van der Waals surface area contributed by atoms with Crippen molar-refractivity contribution in [2.45, 2.75) is 18.9 Å². The van der Waals surface area contributed by atoms with Crippen molar-refractivity contribution < 1.29 is 33.7 Å². The highest BCUT2D eigenvalue weighted by Gasteiger charge is 2.40. The summed E-state index contributed by atoms with van der Waals surface area (Å²) in [6.07, 6.45) is -0.104. The summed E-state index contributed by atoms with van der Waals surface area (Å²) in [5.41, 5.74) is 0.577. The van der Waals surface area contributed by atoms with Crippen LogP contribution in [-0.4, -0.2) is 74.4 Å². The molecule has 2 heterocycles. The minimum atomic E-state index is -0.986. The van der Waals surface area contributed by atoms with Crippen LogP contribution < -0.4 is 14.4 Å². The number of rotatable bonds is 6. The van der Waals surface area contributed by atoms with Gasteiger partial charge in [0.25, 0.3) is 0 Å². The fourth-order valence-electron chi connectivity index (χ4n) is 3.66. The Morgan fingerprint density at radius 1 is 1.29 bits per heavy atom. The summed E-state index contributed by atoms with van der Waals surface area (Å²) in [5.74, 6) is -0.822. The number of anilines is 1. The molecule has 152 valence electrons. The number of benzene rings is 1. The second-order valence-electron chi connectivity index (χ2n) is 6.80. The predicted octanol–water partition coefficient (Wildman–Crippen LogP) is 0.759. The minimum Gasteiger partial charge on any atom is -0.497 e. The highest BCUT2D eigenvalue weighted by Crippen LogP contribution is 2.36. The smallest absolute Gasteiger partial charge is 0.305 e. The van der Waals surface area contributed by atoms with Gasteiger partial charge >= 0.3 is 5.97 Å². The Morgan fingerprint density at radius 2 is 2.07 bits per heavy atom. The van der Waals surface area contributed by atoms with E-state index in [1.54, 1.807) is 30.2 Å². The summed E-state index contributed by atoms with van der Waals surface area (Å²) in [6.45, 7) is 1.10. The third kappa shape index (κ3) is 4.04. The average Bonchev–Trinajstić information content (AvgIpc) is 3.08. The number of carboxylic acid groups (broad SMARTS) is 1. The molecule has 9 nitrogen and oxygen atoms in total. The Morgan fingerprint density at radius 3 is 2.75 bits per heavy atom. The molecule has 0 radical (unpaired) electrons. The van der Waals surface area contributed by atoms with Crippen molar-refractivity contribution in [1.82, 2.24) is 4.90 Å². The number of ether oxygens (including phenoxy) is 3. The molecule has 3 rings (SSSR count). The highest BCUT2D eigenvalue weighted by atomic mass is 16.5. The fraction of sp³-hybridized carbons (Fsp3) is 0.526. The lowest BCUT2D eigenvalue weighted by atomic mass is 10.0. The molecule has 1 aromatic carbocycles. The predicted molar refractivity (Wildman–Crippen MR) is 98.6 cm³/mol. The first-order valence-corrected chi connectivity index (χ1v) is 9.07. The van der Waals surface area contributed by atoms with Gasteiger partial charge in [-0.05, 0) is 12.1 Å². The third-order valence-corrected chi connectivity index (χ3v) is 5.07. The first-order valence-electron chi connectivity index (χ1n) is 9.07. The van der Waals surface area contributed by atoms with E-state index in [1.165, 1.54) is 12.0 Å². The van der Waals surface area contributed by atoms with E-state index in [-0.39, 0.29) is 37.8 Å². The molecule has 1 aromatic rings. The molecule has 0 bridgehead atoms. The van der Waals surface area contributed by atoms with Crippen molar-refractivity contribution in [3.8, 4) is 11.5 Å². The van der Waals surface area contributed by atoms with Crippen molar-refractivity contribution in [1.29, 1.82) is 0 Å². The SMILES string of the molecule is COc1ccc(N2CC(C(=O)N3CCOCC3CC(=O)O)CC2=O)c(OC)c1. The van der Waals surface area contributed by atoms with Crippen molar-refractivity contribution in [2.75, 3.05) is 45.4 Å². The summed E-state index contributed by atoms with van der Waals surface area (Å²) in [6, 6.07) is 4.62. The Labute approximate surface area is 162 Å². The zero-order chi connectivity index (χ0) is 20.3. The highest BCUT2D eigenvalue weighted by molar-refractivity contribution is 6.01. The molecule has 2 aliphatic rings. The van der Waals surface area contributed by atoms with Gasteiger partial charge < -0.3 is 29.1 Å². The largest absolute Gasteiger partial charge is 0.497 e. The molecule has 1 N–H and O–H groups in total. The van der Waals surface area contributed by atoms with Gasteiger partial charge in [-0.3, -0.25) is 14.4 Å². The normalized spacial score (nSPS) is 22.3. The maximum absolute atomic E-state index is 13.0. The third-order valence-electron chi connectivity index (χ3n) is 5.07. The molecule has 0 aromatic heterocycles. The van der Waals surface area contributed by atoms with Crippen LogP contribution in [0.2, 0.25) is 0 Å². The average molecular weight is 392 g/mol. The number of hydrogen-bond donors (Lipinski definition) is 1. The summed E-state index contributed by atoms with van der Waals surface area (Å²) in [7, 11) is 3.05. The zero-order valence-corrected chi connectivity index (χ0v) is 15.9. The summed E-state index contributed by atoms with van der Waals surface area (Å²) in [4.78, 5) is 39.8. The molecule has 2 fully saturated rings. The van der Waals surface area contributed by atoms with Crippen LogP contribution in [0.25, 0.3) is 0 Å². The first-order chi connectivity index (χ1) is 13.4. The Bertz CT molecular complexity index is 767. The Hall–Kier alpha value is -2.81. The molecule has 2 unspecified atom stereocenters. The van der Waals surface area contributed by atoms with E-state index < -0.39 is 17.9 Å². The molecular formula is C19H24N2O7. The second-order valence-corrected chi connectivity index (χ2v) is 6.80. The quantitative estimate of drug-likeness (QED) is 0.762. The number of aliphatic carboxylic acids is 1. The van der Waals surface area contributed by atoms with Crippen LogP contribution in [0.5, 0.6) is 11.5 Å². The molecule has 2 amide bonds. The van der Waals surface area contributed by atoms with Crippen LogP contribution in [0.1, 0.15) is 12.8 Å². The Kier molecular flexibility index (Phi) is 6.03. The molecule has 2 saturated heterocycles. The number of hydrogen-bond acceptors (Lipinski definition) is 6. The van der Waals surface area contributed by atoms with Gasteiger partial charge in [0.15, 0.2) is 0 Å². The summed E-state index contributed by atoms with van der Waals surface area (Å²) < 4.78 is 15.9. The topological polar surface area (TPSA) is 106 Å². The van der Waals surface area contributed by atoms with E-state index in [4.69, 9.17) is 19.3 Å². The molecule has 28 heavy (non-hydrogen) atoms. The lowest BCUT2D eigenvalue weighted by molar-refractivity contribution is -0.149. The van der Waals surface area contributed by atoms with Gasteiger partial charge in [-0.15, -0.1) is 0 Å². The number of carboxylic acids is 1.